The summed E-state index contributed by atoms with van der Waals surface area (Å²) in [6.45, 7) is 4.99. The largest absolute Gasteiger partial charge is 0.395 e. The summed E-state index contributed by atoms with van der Waals surface area (Å²) in [5, 5.41) is 21.3. The highest BCUT2D eigenvalue weighted by Gasteiger charge is 2.15. The van der Waals surface area contributed by atoms with E-state index in [0.717, 1.165) is 35.9 Å². The van der Waals surface area contributed by atoms with Crippen LogP contribution in [0.5, 0.6) is 0 Å². The number of aryl methyl sites for hydroxylation is 1. The van der Waals surface area contributed by atoms with Crippen LogP contribution in [0.25, 0.3) is 0 Å². The van der Waals surface area contributed by atoms with Crippen LogP contribution in [0.4, 0.5) is 11.6 Å². The molecule has 3 N–H and O–H groups in total. The summed E-state index contributed by atoms with van der Waals surface area (Å²) in [6, 6.07) is 0. The number of nitrogens with zero attached hydrogens (tertiary/aromatic N) is 3. The molecule has 1 heterocycles. The molecular formula is C13H24N4O2. The van der Waals surface area contributed by atoms with Crippen LogP contribution < -0.4 is 10.2 Å². The zero-order valence-corrected chi connectivity index (χ0v) is 12.0. The molecule has 0 spiro atoms. The van der Waals surface area contributed by atoms with Crippen LogP contribution in [0.2, 0.25) is 0 Å². The van der Waals surface area contributed by atoms with E-state index in [1.807, 2.05) is 18.9 Å². The van der Waals surface area contributed by atoms with Crippen molar-refractivity contribution in [2.45, 2.75) is 26.7 Å². The van der Waals surface area contributed by atoms with Crippen LogP contribution in [0.15, 0.2) is 0 Å². The third-order valence-corrected chi connectivity index (χ3v) is 2.92. The van der Waals surface area contributed by atoms with Gasteiger partial charge in [0.2, 0.25) is 0 Å². The standard InChI is InChI=1S/C13H24N4O2/c1-4-5-11-15-12(14-3)10(2)13(16-11)17(6-8-18)7-9-19/h18-19H,4-9H2,1-3H3,(H,14,15,16). The van der Waals surface area contributed by atoms with Gasteiger partial charge in [0.1, 0.15) is 17.5 Å². The number of hydrogen-bond acceptors (Lipinski definition) is 6. The van der Waals surface area contributed by atoms with Gasteiger partial charge in [-0.2, -0.15) is 0 Å². The van der Waals surface area contributed by atoms with Gasteiger partial charge in [-0.05, 0) is 13.3 Å². The normalized spacial score (nSPS) is 10.6. The molecule has 0 aliphatic carbocycles. The van der Waals surface area contributed by atoms with Crippen LogP contribution in [-0.2, 0) is 6.42 Å². The van der Waals surface area contributed by atoms with Crippen molar-refractivity contribution in [3.8, 4) is 0 Å². The van der Waals surface area contributed by atoms with Gasteiger partial charge in [0.05, 0.1) is 13.2 Å². The molecule has 0 aromatic carbocycles. The second-order valence-corrected chi connectivity index (χ2v) is 4.37. The maximum atomic E-state index is 9.13. The van der Waals surface area contributed by atoms with E-state index in [9.17, 15) is 0 Å². The summed E-state index contributed by atoms with van der Waals surface area (Å²) in [5.41, 5.74) is 0.934. The summed E-state index contributed by atoms with van der Waals surface area (Å²) in [6.07, 6.45) is 1.79. The molecule has 0 radical (unpaired) electrons. The Morgan fingerprint density at radius 2 is 1.79 bits per heavy atom. The lowest BCUT2D eigenvalue weighted by Crippen LogP contribution is -2.31. The van der Waals surface area contributed by atoms with Gasteiger partial charge in [-0.3, -0.25) is 0 Å². The molecule has 0 amide bonds. The fourth-order valence-corrected chi connectivity index (χ4v) is 2.00. The van der Waals surface area contributed by atoms with Gasteiger partial charge < -0.3 is 20.4 Å². The number of rotatable bonds is 8. The topological polar surface area (TPSA) is 81.5 Å². The minimum absolute atomic E-state index is 0.0292. The van der Waals surface area contributed by atoms with Crippen LogP contribution in [-0.4, -0.2) is 53.5 Å². The van der Waals surface area contributed by atoms with E-state index >= 15 is 0 Å². The first-order valence-electron chi connectivity index (χ1n) is 6.69. The Bertz CT molecular complexity index is 392. The maximum absolute atomic E-state index is 9.13. The number of nitrogens with one attached hydrogen (secondary N) is 1. The molecular weight excluding hydrogens is 244 g/mol. The number of aromatic nitrogens is 2. The molecule has 1 aromatic rings. The zero-order valence-electron chi connectivity index (χ0n) is 12.0. The molecule has 6 nitrogen and oxygen atoms in total. The van der Waals surface area contributed by atoms with Crippen molar-refractivity contribution in [1.82, 2.24) is 9.97 Å². The summed E-state index contributed by atoms with van der Waals surface area (Å²) in [5.74, 6) is 2.37. The van der Waals surface area contributed by atoms with Gasteiger partial charge >= 0.3 is 0 Å². The average Bonchev–Trinajstić information content (AvgIpc) is 2.40. The van der Waals surface area contributed by atoms with Crippen LogP contribution in [0, 0.1) is 6.92 Å². The number of anilines is 2. The van der Waals surface area contributed by atoms with Gasteiger partial charge in [0.15, 0.2) is 0 Å². The lowest BCUT2D eigenvalue weighted by atomic mass is 10.2. The summed E-state index contributed by atoms with van der Waals surface area (Å²) < 4.78 is 0. The molecule has 108 valence electrons. The number of aliphatic hydroxyl groups is 2. The summed E-state index contributed by atoms with van der Waals surface area (Å²) in [7, 11) is 1.83. The predicted molar refractivity (Wildman–Crippen MR) is 76.7 cm³/mol. The highest BCUT2D eigenvalue weighted by atomic mass is 16.3. The molecule has 1 rings (SSSR count). The number of aliphatic hydroxyl groups excluding tert-OH is 2. The Balaban J connectivity index is 3.17. The van der Waals surface area contributed by atoms with E-state index < -0.39 is 0 Å². The maximum Gasteiger partial charge on any atom is 0.137 e. The molecule has 0 bridgehead atoms. The van der Waals surface area contributed by atoms with Gasteiger partial charge in [-0.25, -0.2) is 9.97 Å². The fraction of sp³-hybridized carbons (Fsp3) is 0.692. The minimum Gasteiger partial charge on any atom is -0.395 e. The van der Waals surface area contributed by atoms with Crippen molar-refractivity contribution in [1.29, 1.82) is 0 Å². The van der Waals surface area contributed by atoms with Crippen molar-refractivity contribution in [2.24, 2.45) is 0 Å². The first-order chi connectivity index (χ1) is 9.17. The van der Waals surface area contributed by atoms with Crippen LogP contribution in [0.3, 0.4) is 0 Å². The average molecular weight is 268 g/mol. The van der Waals surface area contributed by atoms with E-state index in [1.165, 1.54) is 0 Å². The van der Waals surface area contributed by atoms with E-state index in [4.69, 9.17) is 10.2 Å². The van der Waals surface area contributed by atoms with Gasteiger partial charge in [-0.1, -0.05) is 6.92 Å². The molecule has 19 heavy (non-hydrogen) atoms. The van der Waals surface area contributed by atoms with E-state index in [-0.39, 0.29) is 13.2 Å². The Kier molecular flexibility index (Phi) is 6.52. The summed E-state index contributed by atoms with van der Waals surface area (Å²) in [4.78, 5) is 10.9. The zero-order chi connectivity index (χ0) is 14.3. The molecule has 0 aliphatic heterocycles. The van der Waals surface area contributed by atoms with E-state index in [1.54, 1.807) is 0 Å². The monoisotopic (exact) mass is 268 g/mol. The van der Waals surface area contributed by atoms with Crippen LogP contribution in [0.1, 0.15) is 24.7 Å². The number of hydrogen-bond donors (Lipinski definition) is 3. The van der Waals surface area contributed by atoms with Gasteiger partial charge in [0.25, 0.3) is 0 Å². The minimum atomic E-state index is 0.0292. The molecule has 0 saturated carbocycles. The lowest BCUT2D eigenvalue weighted by molar-refractivity contribution is 0.280. The molecule has 0 atom stereocenters. The van der Waals surface area contributed by atoms with Crippen molar-refractivity contribution in [3.05, 3.63) is 11.4 Å². The molecule has 1 aromatic heterocycles. The highest BCUT2D eigenvalue weighted by molar-refractivity contribution is 5.58. The Morgan fingerprint density at radius 1 is 1.16 bits per heavy atom. The third-order valence-electron chi connectivity index (χ3n) is 2.92. The predicted octanol–water partition coefficient (Wildman–Crippen LogP) is 0.570. The molecule has 6 heteroatoms. The van der Waals surface area contributed by atoms with Crippen LogP contribution >= 0.6 is 0 Å². The first-order valence-corrected chi connectivity index (χ1v) is 6.69. The second-order valence-electron chi connectivity index (χ2n) is 4.37. The Hall–Kier alpha value is -1.40. The summed E-state index contributed by atoms with van der Waals surface area (Å²) >= 11 is 0. The second kappa shape index (κ2) is 7.91. The van der Waals surface area contributed by atoms with E-state index in [2.05, 4.69) is 22.2 Å². The van der Waals surface area contributed by atoms with Gasteiger partial charge in [0, 0.05) is 32.1 Å². The molecule has 0 unspecified atom stereocenters. The quantitative estimate of drug-likeness (QED) is 0.639. The SMILES string of the molecule is CCCc1nc(NC)c(C)c(N(CCO)CCO)n1. The van der Waals surface area contributed by atoms with Crippen molar-refractivity contribution < 1.29 is 10.2 Å². The Labute approximate surface area is 114 Å². The smallest absolute Gasteiger partial charge is 0.137 e. The molecule has 0 fully saturated rings. The highest BCUT2D eigenvalue weighted by Crippen LogP contribution is 2.23. The molecule has 0 saturated heterocycles. The van der Waals surface area contributed by atoms with E-state index in [0.29, 0.717) is 13.1 Å². The lowest BCUT2D eigenvalue weighted by Gasteiger charge is -2.25. The van der Waals surface area contributed by atoms with Crippen molar-refractivity contribution >= 4 is 11.6 Å². The van der Waals surface area contributed by atoms with Crippen molar-refractivity contribution in [3.63, 3.8) is 0 Å². The third kappa shape index (κ3) is 4.04. The van der Waals surface area contributed by atoms with Crippen molar-refractivity contribution in [2.75, 3.05) is 43.6 Å². The fourth-order valence-electron chi connectivity index (χ4n) is 2.00. The van der Waals surface area contributed by atoms with Gasteiger partial charge in [-0.15, -0.1) is 0 Å². The first kappa shape index (κ1) is 15.7. The molecule has 0 aliphatic rings. The Morgan fingerprint density at radius 3 is 2.26 bits per heavy atom.